The van der Waals surface area contributed by atoms with E-state index in [0.29, 0.717) is 32.4 Å². The zero-order chi connectivity index (χ0) is 21.4. The number of piperidine rings is 1. The van der Waals surface area contributed by atoms with Crippen LogP contribution in [0.4, 0.5) is 0 Å². The Hall–Kier alpha value is -0.320. The average Bonchev–Trinajstić information content (AvgIpc) is 3.09. The van der Waals surface area contributed by atoms with E-state index in [1.54, 1.807) is 7.11 Å². The molecular weight excluding hydrogens is 390 g/mol. The van der Waals surface area contributed by atoms with E-state index in [0.717, 1.165) is 0 Å². The summed E-state index contributed by atoms with van der Waals surface area (Å²) in [6.45, 7) is 2.96. The first-order chi connectivity index (χ1) is 14.2. The molecule has 0 aromatic heterocycles. The number of aliphatic hydroxyl groups is 5. The molecule has 8 nitrogen and oxygen atoms in total. The third kappa shape index (κ3) is 1.73. The molecule has 6 fully saturated rings. The van der Waals surface area contributed by atoms with Crippen molar-refractivity contribution in [3.05, 3.63) is 0 Å². The Morgan fingerprint density at radius 1 is 1.10 bits per heavy atom. The molecule has 5 aliphatic carbocycles. The van der Waals surface area contributed by atoms with Gasteiger partial charge in [0.2, 0.25) is 0 Å². The number of fused-ring (bicyclic) bond motifs is 2. The molecule has 0 aromatic rings. The minimum atomic E-state index is -1.73. The molecule has 1 aliphatic heterocycles. The summed E-state index contributed by atoms with van der Waals surface area (Å²) >= 11 is 0. The van der Waals surface area contributed by atoms with E-state index in [4.69, 9.17) is 9.47 Å². The van der Waals surface area contributed by atoms with E-state index in [1.807, 2.05) is 6.92 Å². The van der Waals surface area contributed by atoms with Gasteiger partial charge in [0.1, 0.15) is 11.2 Å². The fourth-order valence-corrected chi connectivity index (χ4v) is 10.0. The van der Waals surface area contributed by atoms with Crippen LogP contribution in [0.2, 0.25) is 0 Å². The number of hydrogen-bond donors (Lipinski definition) is 5. The van der Waals surface area contributed by atoms with E-state index in [1.165, 1.54) is 7.11 Å². The second-order valence-corrected chi connectivity index (χ2v) is 11.0. The fraction of sp³-hybridized carbons (Fsp3) is 1.00. The van der Waals surface area contributed by atoms with Crippen molar-refractivity contribution in [1.82, 2.24) is 4.90 Å². The highest BCUT2D eigenvalue weighted by molar-refractivity contribution is 5.41. The Morgan fingerprint density at radius 2 is 1.83 bits per heavy atom. The number of rotatable bonds is 3. The van der Waals surface area contributed by atoms with Crippen LogP contribution in [0.3, 0.4) is 0 Å². The number of likely N-dealkylation sites (tertiary alicyclic amines) is 1. The van der Waals surface area contributed by atoms with Gasteiger partial charge < -0.3 is 35.0 Å². The average molecular weight is 426 g/mol. The van der Waals surface area contributed by atoms with Crippen LogP contribution in [0.25, 0.3) is 0 Å². The van der Waals surface area contributed by atoms with Gasteiger partial charge in [-0.25, -0.2) is 0 Å². The number of hydrogen-bond acceptors (Lipinski definition) is 8. The van der Waals surface area contributed by atoms with Crippen molar-refractivity contribution in [3.63, 3.8) is 0 Å². The molecule has 30 heavy (non-hydrogen) atoms. The number of ether oxygens (including phenoxy) is 2. The number of β-amino-alcohol motifs (C(OH)–C–C–N with tert-alkyl or cyclic N) is 1. The van der Waals surface area contributed by atoms with E-state index in [2.05, 4.69) is 4.90 Å². The van der Waals surface area contributed by atoms with Crippen LogP contribution in [-0.4, -0.2) is 105 Å². The molecule has 1 heterocycles. The zero-order valence-electron chi connectivity index (χ0n) is 17.9. The summed E-state index contributed by atoms with van der Waals surface area (Å²) < 4.78 is 11.6. The van der Waals surface area contributed by atoms with Crippen molar-refractivity contribution >= 4 is 0 Å². The fourth-order valence-electron chi connectivity index (χ4n) is 10.0. The van der Waals surface area contributed by atoms with Gasteiger partial charge in [-0.1, -0.05) is 6.92 Å². The summed E-state index contributed by atoms with van der Waals surface area (Å²) in [7, 11) is 3.11. The van der Waals surface area contributed by atoms with Gasteiger partial charge in [0.05, 0.1) is 36.1 Å². The van der Waals surface area contributed by atoms with Crippen molar-refractivity contribution in [2.45, 2.75) is 79.9 Å². The Bertz CT molecular complexity index is 768. The molecule has 13 atom stereocenters. The highest BCUT2D eigenvalue weighted by atomic mass is 16.5. The first kappa shape index (κ1) is 20.3. The molecule has 8 heteroatoms. The van der Waals surface area contributed by atoms with E-state index < -0.39 is 58.4 Å². The largest absolute Gasteiger partial charge is 0.392 e. The van der Waals surface area contributed by atoms with Crippen LogP contribution in [0.1, 0.15) is 32.6 Å². The highest BCUT2D eigenvalue weighted by Crippen LogP contribution is 2.78. The summed E-state index contributed by atoms with van der Waals surface area (Å²) in [5.74, 6) is -1.45. The number of aliphatic hydroxyl groups excluding tert-OH is 2. The monoisotopic (exact) mass is 425 g/mol. The predicted octanol–water partition coefficient (Wildman–Crippen LogP) is -1.28. The highest BCUT2D eigenvalue weighted by Gasteiger charge is 2.91. The molecule has 0 radical (unpaired) electrons. The maximum atomic E-state index is 12.5. The van der Waals surface area contributed by atoms with Crippen LogP contribution < -0.4 is 0 Å². The van der Waals surface area contributed by atoms with Crippen LogP contribution in [0, 0.1) is 29.1 Å². The van der Waals surface area contributed by atoms with Crippen molar-refractivity contribution < 1.29 is 35.0 Å². The molecular formula is C22H35NO7. The lowest BCUT2D eigenvalue weighted by Gasteiger charge is -2.68. The van der Waals surface area contributed by atoms with E-state index >= 15 is 0 Å². The molecule has 0 amide bonds. The van der Waals surface area contributed by atoms with Gasteiger partial charge in [0.25, 0.3) is 0 Å². The SMILES string of the molecule is CCN1CC2(O)CCC(O)C34C5CC6C(OC)CC(O)(C5C6O)C(O)(C(OC)C23)C14. The topological polar surface area (TPSA) is 123 Å². The summed E-state index contributed by atoms with van der Waals surface area (Å²) in [6, 6.07) is -0.548. The van der Waals surface area contributed by atoms with Crippen molar-refractivity contribution in [3.8, 4) is 0 Å². The van der Waals surface area contributed by atoms with E-state index in [-0.39, 0.29) is 24.4 Å². The molecule has 7 bridgehead atoms. The lowest BCUT2D eigenvalue weighted by atomic mass is 9.44. The third-order valence-electron chi connectivity index (χ3n) is 10.6. The third-order valence-corrected chi connectivity index (χ3v) is 10.6. The Morgan fingerprint density at radius 3 is 2.47 bits per heavy atom. The predicted molar refractivity (Wildman–Crippen MR) is 104 cm³/mol. The minimum absolute atomic E-state index is 0.151. The van der Waals surface area contributed by atoms with Crippen molar-refractivity contribution in [1.29, 1.82) is 0 Å². The van der Waals surface area contributed by atoms with E-state index in [9.17, 15) is 25.5 Å². The van der Waals surface area contributed by atoms with Gasteiger partial charge in [0.15, 0.2) is 0 Å². The van der Waals surface area contributed by atoms with Crippen LogP contribution in [0.15, 0.2) is 0 Å². The maximum absolute atomic E-state index is 12.5. The first-order valence-electron chi connectivity index (χ1n) is 11.5. The number of methoxy groups -OCH3 is 2. The number of nitrogens with zero attached hydrogens (tertiary/aromatic N) is 1. The zero-order valence-corrected chi connectivity index (χ0v) is 17.9. The molecule has 1 spiro atoms. The molecule has 170 valence electrons. The summed E-state index contributed by atoms with van der Waals surface area (Å²) in [5.41, 5.74) is -5.31. The van der Waals surface area contributed by atoms with Gasteiger partial charge in [-0.15, -0.1) is 0 Å². The van der Waals surface area contributed by atoms with Gasteiger partial charge in [-0.05, 0) is 31.7 Å². The molecule has 1 saturated heterocycles. The molecule has 6 rings (SSSR count). The quantitative estimate of drug-likeness (QED) is 0.379. The van der Waals surface area contributed by atoms with Crippen LogP contribution in [-0.2, 0) is 9.47 Å². The van der Waals surface area contributed by atoms with Gasteiger partial charge in [-0.2, -0.15) is 0 Å². The van der Waals surface area contributed by atoms with Crippen molar-refractivity contribution in [2.75, 3.05) is 27.3 Å². The van der Waals surface area contributed by atoms with Crippen molar-refractivity contribution in [2.24, 2.45) is 29.1 Å². The Kier molecular flexibility index (Phi) is 3.91. The second kappa shape index (κ2) is 5.78. The standard InChI is InChI=1S/C22H35NO7/c1-4-23-9-19(26)6-5-13(24)21-11-7-10-12(29-2)8-20(27,14(11)15(10)25)22(28,18(21)23)17(30-3)16(19)21/h10-18,24-28H,4-9H2,1-3H3. The summed E-state index contributed by atoms with van der Waals surface area (Å²) in [4.78, 5) is 2.06. The van der Waals surface area contributed by atoms with Gasteiger partial charge >= 0.3 is 0 Å². The Balaban J connectivity index is 1.68. The first-order valence-corrected chi connectivity index (χ1v) is 11.5. The summed E-state index contributed by atoms with van der Waals surface area (Å²) in [5, 5.41) is 59.6. The van der Waals surface area contributed by atoms with Gasteiger partial charge in [0, 0.05) is 50.4 Å². The second-order valence-electron chi connectivity index (χ2n) is 11.0. The van der Waals surface area contributed by atoms with Gasteiger partial charge in [-0.3, -0.25) is 4.90 Å². The maximum Gasteiger partial charge on any atom is 0.136 e. The molecule has 5 N–H and O–H groups in total. The molecule has 13 unspecified atom stereocenters. The molecule has 5 saturated carbocycles. The lowest BCUT2D eigenvalue weighted by Crippen LogP contribution is -2.82. The number of likely N-dealkylation sites (N-methyl/N-ethyl adjacent to an activating group) is 1. The Labute approximate surface area is 176 Å². The lowest BCUT2D eigenvalue weighted by molar-refractivity contribution is -0.319. The normalized spacial score (nSPS) is 65.8. The molecule has 0 aromatic carbocycles. The van der Waals surface area contributed by atoms with Crippen LogP contribution in [0.5, 0.6) is 0 Å². The summed E-state index contributed by atoms with van der Waals surface area (Å²) in [6.07, 6.45) is -1.07. The minimum Gasteiger partial charge on any atom is -0.392 e. The van der Waals surface area contributed by atoms with Crippen LogP contribution >= 0.6 is 0 Å². The molecule has 6 aliphatic rings. The smallest absolute Gasteiger partial charge is 0.136 e.